The zero-order chi connectivity index (χ0) is 27.7. The molecule has 2 aromatic heterocycles. The molecule has 3 N–H and O–H groups in total. The minimum absolute atomic E-state index is 0.00316. The number of sulfone groups is 1. The normalized spacial score (nSPS) is 12.1. The minimum atomic E-state index is -3.45. The summed E-state index contributed by atoms with van der Waals surface area (Å²) in [4.78, 5) is 27.3. The van der Waals surface area contributed by atoms with E-state index in [1.54, 1.807) is 55.5 Å². The molecule has 0 aliphatic carbocycles. The lowest BCUT2D eigenvalue weighted by Crippen LogP contribution is -2.28. The standard InChI is InChI=1S/C28H23N7O3S/c1-17(32-25-19(15-29)16-31-28(30)34-25)26-33-23-13-7-12-22(18-8-6-11-21(14-18)39(2,37)38)24(23)27(36)35(26)20-9-4-3-5-10-20/h3-14,16-17H,1-2H3,(H3,30,31,32,34)/t17-/m0/s1. The molecule has 5 aromatic rings. The van der Waals surface area contributed by atoms with E-state index in [0.29, 0.717) is 33.5 Å². The average Bonchev–Trinajstić information content (AvgIpc) is 2.93. The first-order valence-corrected chi connectivity index (χ1v) is 13.8. The number of nitrogens with one attached hydrogen (secondary N) is 1. The zero-order valence-corrected chi connectivity index (χ0v) is 21.8. The van der Waals surface area contributed by atoms with Crippen molar-refractivity contribution < 1.29 is 8.42 Å². The van der Waals surface area contributed by atoms with Crippen molar-refractivity contribution in [2.45, 2.75) is 17.9 Å². The second-order valence-corrected chi connectivity index (χ2v) is 10.9. The number of nitrogens with zero attached hydrogens (tertiary/aromatic N) is 5. The predicted molar refractivity (Wildman–Crippen MR) is 149 cm³/mol. The van der Waals surface area contributed by atoms with Crippen LogP contribution in [-0.2, 0) is 9.84 Å². The van der Waals surface area contributed by atoms with E-state index in [1.807, 2.05) is 24.3 Å². The van der Waals surface area contributed by atoms with Crippen LogP contribution in [0.25, 0.3) is 27.7 Å². The maximum atomic E-state index is 14.2. The molecule has 194 valence electrons. The van der Waals surface area contributed by atoms with Crippen LogP contribution in [0, 0.1) is 11.3 Å². The van der Waals surface area contributed by atoms with E-state index in [9.17, 15) is 18.5 Å². The molecule has 0 saturated heterocycles. The maximum Gasteiger partial charge on any atom is 0.266 e. The van der Waals surface area contributed by atoms with Crippen LogP contribution in [0.2, 0.25) is 0 Å². The fourth-order valence-corrected chi connectivity index (χ4v) is 5.02. The van der Waals surface area contributed by atoms with Gasteiger partial charge < -0.3 is 11.1 Å². The highest BCUT2D eigenvalue weighted by Crippen LogP contribution is 2.30. The third-order valence-corrected chi connectivity index (χ3v) is 7.29. The summed E-state index contributed by atoms with van der Waals surface area (Å²) in [7, 11) is -3.45. The minimum Gasteiger partial charge on any atom is -0.368 e. The van der Waals surface area contributed by atoms with Crippen LogP contribution in [-0.4, -0.2) is 34.2 Å². The molecule has 3 aromatic carbocycles. The van der Waals surface area contributed by atoms with Crippen molar-refractivity contribution in [2.75, 3.05) is 17.3 Å². The number of hydrogen-bond donors (Lipinski definition) is 2. The van der Waals surface area contributed by atoms with Crippen LogP contribution < -0.4 is 16.6 Å². The lowest BCUT2D eigenvalue weighted by molar-refractivity contribution is 0.602. The van der Waals surface area contributed by atoms with E-state index in [2.05, 4.69) is 15.3 Å². The van der Waals surface area contributed by atoms with Gasteiger partial charge in [0.15, 0.2) is 9.84 Å². The Morgan fingerprint density at radius 1 is 1.03 bits per heavy atom. The monoisotopic (exact) mass is 537 g/mol. The van der Waals surface area contributed by atoms with Crippen molar-refractivity contribution in [1.82, 2.24) is 19.5 Å². The highest BCUT2D eigenvalue weighted by molar-refractivity contribution is 7.90. The second kappa shape index (κ2) is 10.00. The Labute approximate surface area is 224 Å². The predicted octanol–water partition coefficient (Wildman–Crippen LogP) is 3.87. The van der Waals surface area contributed by atoms with Crippen LogP contribution in [0.4, 0.5) is 11.8 Å². The second-order valence-electron chi connectivity index (χ2n) is 8.91. The van der Waals surface area contributed by atoms with Crippen molar-refractivity contribution in [1.29, 1.82) is 5.26 Å². The topological polar surface area (TPSA) is 157 Å². The van der Waals surface area contributed by atoms with Gasteiger partial charge in [0.25, 0.3) is 5.56 Å². The van der Waals surface area contributed by atoms with Crippen molar-refractivity contribution in [2.24, 2.45) is 0 Å². The zero-order valence-electron chi connectivity index (χ0n) is 21.0. The van der Waals surface area contributed by atoms with E-state index in [1.165, 1.54) is 16.8 Å². The molecule has 0 aliphatic rings. The summed E-state index contributed by atoms with van der Waals surface area (Å²) in [5, 5.41) is 13.0. The van der Waals surface area contributed by atoms with Crippen LogP contribution in [0.3, 0.4) is 0 Å². The summed E-state index contributed by atoms with van der Waals surface area (Å²) in [6.45, 7) is 1.80. The number of anilines is 2. The summed E-state index contributed by atoms with van der Waals surface area (Å²) in [5.74, 6) is 0.594. The molecule has 39 heavy (non-hydrogen) atoms. The van der Waals surface area contributed by atoms with Gasteiger partial charge in [0.1, 0.15) is 23.3 Å². The van der Waals surface area contributed by atoms with Gasteiger partial charge in [-0.3, -0.25) is 9.36 Å². The number of nitrogen functional groups attached to an aromatic ring is 1. The summed E-state index contributed by atoms with van der Waals surface area (Å²) in [6.07, 6.45) is 2.47. The van der Waals surface area contributed by atoms with Gasteiger partial charge in [-0.1, -0.05) is 42.5 Å². The molecule has 0 spiro atoms. The lowest BCUT2D eigenvalue weighted by atomic mass is 10.0. The Balaban J connectivity index is 1.76. The van der Waals surface area contributed by atoms with Gasteiger partial charge in [0.05, 0.1) is 33.7 Å². The Morgan fingerprint density at radius 2 is 1.77 bits per heavy atom. The van der Waals surface area contributed by atoms with Crippen molar-refractivity contribution in [3.63, 3.8) is 0 Å². The molecule has 1 atom stereocenters. The quantitative estimate of drug-likeness (QED) is 0.328. The largest absolute Gasteiger partial charge is 0.368 e. The molecule has 0 aliphatic heterocycles. The van der Waals surface area contributed by atoms with E-state index in [-0.39, 0.29) is 27.8 Å². The summed E-state index contributed by atoms with van der Waals surface area (Å²) in [6, 6.07) is 22.3. The number of hydrogen-bond acceptors (Lipinski definition) is 9. The van der Waals surface area contributed by atoms with Gasteiger partial charge in [-0.05, 0) is 48.4 Å². The SMILES string of the molecule is C[C@H](Nc1nc(N)ncc1C#N)c1nc2cccc(-c3cccc(S(C)(=O)=O)c3)c2c(=O)n1-c1ccccc1. The Hall–Kier alpha value is -5.08. The Morgan fingerprint density at radius 3 is 2.49 bits per heavy atom. The van der Waals surface area contributed by atoms with Crippen LogP contribution >= 0.6 is 0 Å². The number of benzene rings is 3. The van der Waals surface area contributed by atoms with Gasteiger partial charge in [0.2, 0.25) is 5.95 Å². The van der Waals surface area contributed by atoms with E-state index in [0.717, 1.165) is 6.26 Å². The van der Waals surface area contributed by atoms with Gasteiger partial charge in [0, 0.05) is 6.26 Å². The highest BCUT2D eigenvalue weighted by Gasteiger charge is 2.22. The number of rotatable bonds is 6. The van der Waals surface area contributed by atoms with Crippen LogP contribution in [0.5, 0.6) is 0 Å². The van der Waals surface area contributed by atoms with Crippen molar-refractivity contribution in [3.8, 4) is 22.9 Å². The Kier molecular flexibility index (Phi) is 6.55. The number of nitriles is 1. The van der Waals surface area contributed by atoms with E-state index >= 15 is 0 Å². The number of fused-ring (bicyclic) bond motifs is 1. The smallest absolute Gasteiger partial charge is 0.266 e. The molecule has 0 unspecified atom stereocenters. The third kappa shape index (κ3) is 4.93. The molecule has 10 nitrogen and oxygen atoms in total. The van der Waals surface area contributed by atoms with E-state index in [4.69, 9.17) is 10.7 Å². The fraction of sp³-hybridized carbons (Fsp3) is 0.107. The molecule has 0 amide bonds. The summed E-state index contributed by atoms with van der Waals surface area (Å²) >= 11 is 0. The van der Waals surface area contributed by atoms with E-state index < -0.39 is 15.9 Å². The average molecular weight is 538 g/mol. The number of nitrogens with two attached hydrogens (primary N) is 1. The molecule has 0 bridgehead atoms. The maximum absolute atomic E-state index is 14.2. The molecule has 2 heterocycles. The number of para-hydroxylation sites is 1. The molecule has 0 saturated carbocycles. The molecule has 0 radical (unpaired) electrons. The molecular weight excluding hydrogens is 514 g/mol. The first-order valence-electron chi connectivity index (χ1n) is 11.9. The summed E-state index contributed by atoms with van der Waals surface area (Å²) < 4.78 is 25.9. The van der Waals surface area contributed by atoms with Crippen LogP contribution in [0.15, 0.2) is 88.7 Å². The molecule has 0 fully saturated rings. The van der Waals surface area contributed by atoms with Gasteiger partial charge in [-0.2, -0.15) is 10.2 Å². The lowest BCUT2D eigenvalue weighted by Gasteiger charge is -2.21. The van der Waals surface area contributed by atoms with Gasteiger partial charge in [-0.15, -0.1) is 0 Å². The number of aromatic nitrogens is 4. The fourth-order valence-electron chi connectivity index (χ4n) is 4.36. The Bertz CT molecular complexity index is 1930. The van der Waals surface area contributed by atoms with Crippen LogP contribution in [0.1, 0.15) is 24.4 Å². The van der Waals surface area contributed by atoms with Gasteiger partial charge >= 0.3 is 0 Å². The van der Waals surface area contributed by atoms with Crippen molar-refractivity contribution in [3.05, 3.63) is 101 Å². The molecule has 5 rings (SSSR count). The molecular formula is C28H23N7O3S. The first kappa shape index (κ1) is 25.6. The molecule has 11 heteroatoms. The first-order chi connectivity index (χ1) is 18.7. The summed E-state index contributed by atoms with van der Waals surface area (Å²) in [5.41, 5.74) is 7.76. The highest BCUT2D eigenvalue weighted by atomic mass is 32.2. The third-order valence-electron chi connectivity index (χ3n) is 6.18. The van der Waals surface area contributed by atoms with Crippen molar-refractivity contribution >= 4 is 32.5 Å². The van der Waals surface area contributed by atoms with Gasteiger partial charge in [-0.25, -0.2) is 18.4 Å².